The summed E-state index contributed by atoms with van der Waals surface area (Å²) in [4.78, 5) is 12.9. The second-order valence-corrected chi connectivity index (χ2v) is 5.89. The maximum absolute atomic E-state index is 14.2. The summed E-state index contributed by atoms with van der Waals surface area (Å²) in [6.07, 6.45) is 3.38. The zero-order valence-electron chi connectivity index (χ0n) is 11.9. The minimum absolute atomic E-state index is 0.276. The fraction of sp³-hybridized carbons (Fsp3) is 0.200. The highest BCUT2D eigenvalue weighted by Gasteiger charge is 2.31. The average Bonchev–Trinajstić information content (AvgIpc) is 2.45. The van der Waals surface area contributed by atoms with Crippen molar-refractivity contribution in [2.45, 2.75) is 12.8 Å². The number of nitrogens with zero attached hydrogens (tertiary/aromatic N) is 2. The first-order chi connectivity index (χ1) is 10.4. The fourth-order valence-corrected chi connectivity index (χ4v) is 3.37. The summed E-state index contributed by atoms with van der Waals surface area (Å²) in [5, 5.41) is 10.2. The molecule has 1 aliphatic heterocycles. The van der Waals surface area contributed by atoms with Gasteiger partial charge in [-0.1, -0.05) is 23.7 Å². The molecule has 1 heterocycles. The molecule has 0 saturated heterocycles. The normalized spacial score (nSPS) is 18.0. The molecule has 1 aliphatic rings. The van der Waals surface area contributed by atoms with Crippen LogP contribution in [0.2, 0.25) is 5.02 Å². The molecule has 2 amide bonds. The van der Waals surface area contributed by atoms with E-state index in [9.17, 15) is 14.4 Å². The van der Waals surface area contributed by atoms with Crippen molar-refractivity contribution < 1.29 is 9.18 Å². The number of primary amides is 1. The van der Waals surface area contributed by atoms with Gasteiger partial charge in [0, 0.05) is 22.2 Å². The quantitative estimate of drug-likeness (QED) is 0.888. The summed E-state index contributed by atoms with van der Waals surface area (Å²) < 4.78 is 14.2. The lowest BCUT2D eigenvalue weighted by molar-refractivity contribution is 0.231. The number of nitrogens with two attached hydrogens (primary N) is 1. The van der Waals surface area contributed by atoms with E-state index in [1.807, 2.05) is 0 Å². The van der Waals surface area contributed by atoms with Gasteiger partial charge in [0.2, 0.25) is 0 Å². The van der Waals surface area contributed by atoms with E-state index in [1.165, 1.54) is 22.7 Å². The van der Waals surface area contributed by atoms with E-state index in [0.29, 0.717) is 16.3 Å². The molecule has 0 spiro atoms. The predicted octanol–water partition coefficient (Wildman–Crippen LogP) is 3.96. The van der Waals surface area contributed by atoms with E-state index in [4.69, 9.17) is 17.3 Å². The largest absolute Gasteiger partial charge is 0.351 e. The van der Waals surface area contributed by atoms with Crippen molar-refractivity contribution in [1.82, 2.24) is 4.90 Å². The molecular weight excluding hydrogens is 325 g/mol. The molecule has 114 valence electrons. The molecule has 0 bridgehead atoms. The van der Waals surface area contributed by atoms with Crippen LogP contribution in [-0.4, -0.2) is 17.2 Å². The van der Waals surface area contributed by atoms with Crippen molar-refractivity contribution in [2.75, 3.05) is 6.26 Å². The van der Waals surface area contributed by atoms with Crippen LogP contribution in [0.15, 0.2) is 40.6 Å². The predicted molar refractivity (Wildman–Crippen MR) is 85.5 cm³/mol. The molecular formula is C15H13ClFN3OS. The minimum atomic E-state index is -0.680. The van der Waals surface area contributed by atoms with Gasteiger partial charge in [-0.15, -0.1) is 11.8 Å². The molecule has 0 saturated carbocycles. The zero-order chi connectivity index (χ0) is 16.4. The first-order valence-electron chi connectivity index (χ1n) is 6.31. The Morgan fingerprint density at radius 2 is 2.23 bits per heavy atom. The molecule has 1 atom stereocenters. The number of carbonyl (C=O) groups is 1. The molecule has 0 radical (unpaired) electrons. The molecule has 0 aliphatic carbocycles. The molecule has 1 aromatic carbocycles. The van der Waals surface area contributed by atoms with Crippen LogP contribution in [0.25, 0.3) is 0 Å². The lowest BCUT2D eigenvalue weighted by atomic mass is 9.89. The van der Waals surface area contributed by atoms with Crippen LogP contribution in [0.3, 0.4) is 0 Å². The van der Waals surface area contributed by atoms with Crippen molar-refractivity contribution in [1.29, 1.82) is 5.26 Å². The topological polar surface area (TPSA) is 70.1 Å². The van der Waals surface area contributed by atoms with Crippen molar-refractivity contribution in [2.24, 2.45) is 5.73 Å². The maximum atomic E-state index is 14.2. The highest BCUT2D eigenvalue weighted by atomic mass is 35.5. The number of halogens is 2. The third kappa shape index (κ3) is 2.82. The lowest BCUT2D eigenvalue weighted by Crippen LogP contribution is -2.36. The van der Waals surface area contributed by atoms with E-state index in [0.717, 1.165) is 0 Å². The second kappa shape index (κ2) is 6.42. The first-order valence-corrected chi connectivity index (χ1v) is 7.92. The first kappa shape index (κ1) is 16.4. The second-order valence-electron chi connectivity index (χ2n) is 4.66. The van der Waals surface area contributed by atoms with Crippen molar-refractivity contribution >= 4 is 29.4 Å². The van der Waals surface area contributed by atoms with Crippen LogP contribution in [0.1, 0.15) is 18.4 Å². The number of allylic oxidation sites excluding steroid dienone is 3. The fourth-order valence-electron chi connectivity index (χ4n) is 2.40. The Bertz CT molecular complexity index is 739. The summed E-state index contributed by atoms with van der Waals surface area (Å²) in [6.45, 7) is 1.69. The number of thioether (sulfide) groups is 1. The van der Waals surface area contributed by atoms with Gasteiger partial charge in [-0.2, -0.15) is 5.26 Å². The van der Waals surface area contributed by atoms with Crippen LogP contribution in [0.4, 0.5) is 9.18 Å². The van der Waals surface area contributed by atoms with Crippen molar-refractivity contribution in [3.63, 3.8) is 0 Å². The smallest absolute Gasteiger partial charge is 0.324 e. The van der Waals surface area contributed by atoms with Gasteiger partial charge in [-0.25, -0.2) is 9.18 Å². The van der Waals surface area contributed by atoms with Crippen LogP contribution < -0.4 is 5.73 Å². The highest BCUT2D eigenvalue weighted by molar-refractivity contribution is 8.02. The number of nitriles is 1. The zero-order valence-corrected chi connectivity index (χ0v) is 13.5. The molecule has 1 unspecified atom stereocenters. The van der Waals surface area contributed by atoms with Gasteiger partial charge in [0.15, 0.2) is 0 Å². The van der Waals surface area contributed by atoms with Gasteiger partial charge >= 0.3 is 6.03 Å². The summed E-state index contributed by atoms with van der Waals surface area (Å²) in [5.41, 5.74) is 6.53. The van der Waals surface area contributed by atoms with E-state index >= 15 is 0 Å². The Kier molecular flexibility index (Phi) is 4.79. The van der Waals surface area contributed by atoms with E-state index < -0.39 is 17.8 Å². The van der Waals surface area contributed by atoms with Crippen LogP contribution in [0.5, 0.6) is 0 Å². The number of rotatable bonds is 2. The molecule has 22 heavy (non-hydrogen) atoms. The van der Waals surface area contributed by atoms with Crippen LogP contribution in [-0.2, 0) is 0 Å². The average molecular weight is 338 g/mol. The Balaban J connectivity index is 2.64. The molecule has 0 fully saturated rings. The molecule has 4 nitrogen and oxygen atoms in total. The number of urea groups is 1. The molecule has 1 aromatic rings. The van der Waals surface area contributed by atoms with Crippen LogP contribution in [0, 0.1) is 17.1 Å². The number of benzene rings is 1. The van der Waals surface area contributed by atoms with Crippen LogP contribution >= 0.6 is 23.4 Å². The third-order valence-electron chi connectivity index (χ3n) is 3.34. The Labute approximate surface area is 137 Å². The summed E-state index contributed by atoms with van der Waals surface area (Å²) >= 11 is 6.99. The van der Waals surface area contributed by atoms with E-state index in [2.05, 4.69) is 6.07 Å². The number of hydrogen-bond donors (Lipinski definition) is 1. The van der Waals surface area contributed by atoms with Gasteiger partial charge in [-0.3, -0.25) is 4.90 Å². The summed E-state index contributed by atoms with van der Waals surface area (Å²) in [6, 6.07) is 5.70. The number of hydrogen-bond acceptors (Lipinski definition) is 3. The monoisotopic (exact) mass is 337 g/mol. The molecule has 7 heteroatoms. The van der Waals surface area contributed by atoms with Crippen molar-refractivity contribution in [3.8, 4) is 6.07 Å². The van der Waals surface area contributed by atoms with Gasteiger partial charge in [0.1, 0.15) is 5.82 Å². The van der Waals surface area contributed by atoms with Crippen molar-refractivity contribution in [3.05, 3.63) is 57.0 Å². The Morgan fingerprint density at radius 3 is 2.73 bits per heavy atom. The van der Waals surface area contributed by atoms with E-state index in [-0.39, 0.29) is 10.6 Å². The highest BCUT2D eigenvalue weighted by Crippen LogP contribution is 2.40. The summed E-state index contributed by atoms with van der Waals surface area (Å²) in [7, 11) is 0. The maximum Gasteiger partial charge on any atom is 0.324 e. The third-order valence-corrected chi connectivity index (χ3v) is 4.36. The minimum Gasteiger partial charge on any atom is -0.351 e. The van der Waals surface area contributed by atoms with Gasteiger partial charge in [-0.05, 0) is 25.3 Å². The number of amides is 2. The molecule has 2 rings (SSSR count). The van der Waals surface area contributed by atoms with Gasteiger partial charge in [0.05, 0.1) is 16.7 Å². The Hall–Kier alpha value is -1.97. The molecule has 0 aromatic heterocycles. The van der Waals surface area contributed by atoms with E-state index in [1.54, 1.807) is 31.4 Å². The van der Waals surface area contributed by atoms with Gasteiger partial charge < -0.3 is 5.73 Å². The standard InChI is InChI=1S/C15H13ClFN3OS/c1-8-5-11(10-4-3-9(16)6-13(10)17)12(7-18)14(22-2)20(8)15(19)21/h3-6,11H,1-2H3,(H2,19,21). The SMILES string of the molecule is CSC1=C(C#N)C(c2ccc(Cl)cc2F)C=C(C)N1C(N)=O. The lowest BCUT2D eigenvalue weighted by Gasteiger charge is -2.31. The van der Waals surface area contributed by atoms with Gasteiger partial charge in [0.25, 0.3) is 0 Å². The summed E-state index contributed by atoms with van der Waals surface area (Å²) in [5.74, 6) is -1.08. The Morgan fingerprint density at radius 1 is 1.55 bits per heavy atom. The number of carbonyl (C=O) groups excluding carboxylic acids is 1. The molecule has 2 N–H and O–H groups in total.